The predicted octanol–water partition coefficient (Wildman–Crippen LogP) is 2.73. The molecule has 0 atom stereocenters. The zero-order chi connectivity index (χ0) is 13.9. The average molecular weight is 285 g/mol. The summed E-state index contributed by atoms with van der Waals surface area (Å²) in [6, 6.07) is 5.01. The van der Waals surface area contributed by atoms with Crippen molar-refractivity contribution in [3.63, 3.8) is 0 Å². The van der Waals surface area contributed by atoms with Gasteiger partial charge in [0.1, 0.15) is 11.4 Å². The SMILES string of the molecule is COc1ccc(Cl)cc1C(=O)C1(OC)CCOCC1. The largest absolute Gasteiger partial charge is 0.496 e. The number of benzene rings is 1. The molecule has 0 spiro atoms. The Balaban J connectivity index is 2.39. The third-order valence-electron chi connectivity index (χ3n) is 3.51. The van der Waals surface area contributed by atoms with E-state index in [4.69, 9.17) is 25.8 Å². The minimum Gasteiger partial charge on any atom is -0.496 e. The molecular weight excluding hydrogens is 268 g/mol. The molecule has 1 fully saturated rings. The molecule has 0 aliphatic carbocycles. The van der Waals surface area contributed by atoms with Crippen LogP contribution in [-0.4, -0.2) is 38.8 Å². The topological polar surface area (TPSA) is 44.8 Å². The Morgan fingerprint density at radius 3 is 2.58 bits per heavy atom. The molecular formula is C14H17ClO4. The van der Waals surface area contributed by atoms with Crippen LogP contribution in [0.3, 0.4) is 0 Å². The number of carbonyl (C=O) groups is 1. The lowest BCUT2D eigenvalue weighted by Crippen LogP contribution is -2.45. The molecule has 104 valence electrons. The van der Waals surface area contributed by atoms with Gasteiger partial charge in [-0.15, -0.1) is 0 Å². The van der Waals surface area contributed by atoms with Gasteiger partial charge in [0.05, 0.1) is 12.7 Å². The van der Waals surface area contributed by atoms with Crippen LogP contribution < -0.4 is 4.74 Å². The smallest absolute Gasteiger partial charge is 0.198 e. The average Bonchev–Trinajstić information content (AvgIpc) is 2.47. The van der Waals surface area contributed by atoms with Crippen LogP contribution in [0, 0.1) is 0 Å². The van der Waals surface area contributed by atoms with Crippen molar-refractivity contribution in [2.45, 2.75) is 18.4 Å². The van der Waals surface area contributed by atoms with Gasteiger partial charge in [-0.1, -0.05) is 11.6 Å². The quantitative estimate of drug-likeness (QED) is 0.798. The number of ketones is 1. The lowest BCUT2D eigenvalue weighted by molar-refractivity contribution is -0.0664. The fraction of sp³-hybridized carbons (Fsp3) is 0.500. The first-order chi connectivity index (χ1) is 9.13. The molecule has 1 aliphatic rings. The number of rotatable bonds is 4. The van der Waals surface area contributed by atoms with Crippen LogP contribution in [0.25, 0.3) is 0 Å². The second-order valence-electron chi connectivity index (χ2n) is 4.48. The van der Waals surface area contributed by atoms with Crippen LogP contribution in [-0.2, 0) is 9.47 Å². The van der Waals surface area contributed by atoms with Gasteiger partial charge in [0.15, 0.2) is 5.78 Å². The normalized spacial score (nSPS) is 18.1. The summed E-state index contributed by atoms with van der Waals surface area (Å²) in [7, 11) is 3.09. The van der Waals surface area contributed by atoms with Gasteiger partial charge in [0.25, 0.3) is 0 Å². The Kier molecular flexibility index (Phi) is 4.45. The van der Waals surface area contributed by atoms with Crippen LogP contribution in [0.2, 0.25) is 5.02 Å². The third-order valence-corrected chi connectivity index (χ3v) is 3.75. The fourth-order valence-electron chi connectivity index (χ4n) is 2.33. The van der Waals surface area contributed by atoms with Gasteiger partial charge in [0.2, 0.25) is 0 Å². The molecule has 1 heterocycles. The minimum absolute atomic E-state index is 0.0994. The van der Waals surface area contributed by atoms with Crippen molar-refractivity contribution in [2.75, 3.05) is 27.4 Å². The summed E-state index contributed by atoms with van der Waals surface area (Å²) in [6.07, 6.45) is 1.08. The van der Waals surface area contributed by atoms with Crippen LogP contribution in [0.4, 0.5) is 0 Å². The summed E-state index contributed by atoms with van der Waals surface area (Å²) in [5.41, 5.74) is -0.380. The number of hydrogen-bond donors (Lipinski definition) is 0. The first-order valence-electron chi connectivity index (χ1n) is 6.14. The summed E-state index contributed by atoms with van der Waals surface area (Å²) in [6.45, 7) is 1.03. The molecule has 0 radical (unpaired) electrons. The second kappa shape index (κ2) is 5.90. The molecule has 5 heteroatoms. The summed E-state index contributed by atoms with van der Waals surface area (Å²) in [5, 5.41) is 0.502. The van der Waals surface area contributed by atoms with E-state index >= 15 is 0 Å². The number of ether oxygens (including phenoxy) is 3. The highest BCUT2D eigenvalue weighted by molar-refractivity contribution is 6.31. The van der Waals surface area contributed by atoms with Gasteiger partial charge < -0.3 is 14.2 Å². The zero-order valence-corrected chi connectivity index (χ0v) is 11.8. The van der Waals surface area contributed by atoms with Gasteiger partial charge >= 0.3 is 0 Å². The van der Waals surface area contributed by atoms with Gasteiger partial charge in [-0.25, -0.2) is 0 Å². The fourth-order valence-corrected chi connectivity index (χ4v) is 2.50. The van der Waals surface area contributed by atoms with E-state index in [1.165, 1.54) is 7.11 Å². The molecule has 19 heavy (non-hydrogen) atoms. The highest BCUT2D eigenvalue weighted by Crippen LogP contribution is 2.33. The lowest BCUT2D eigenvalue weighted by Gasteiger charge is -2.34. The van der Waals surface area contributed by atoms with Crippen LogP contribution in [0.5, 0.6) is 5.75 Å². The molecule has 0 aromatic heterocycles. The molecule has 1 aliphatic heterocycles. The second-order valence-corrected chi connectivity index (χ2v) is 4.92. The molecule has 1 aromatic rings. The number of methoxy groups -OCH3 is 2. The molecule has 4 nitrogen and oxygen atoms in total. The summed E-state index contributed by atoms with van der Waals surface area (Å²) >= 11 is 5.97. The van der Waals surface area contributed by atoms with Crippen molar-refractivity contribution in [3.05, 3.63) is 28.8 Å². The van der Waals surface area contributed by atoms with Crippen LogP contribution in [0.1, 0.15) is 23.2 Å². The van der Waals surface area contributed by atoms with E-state index in [-0.39, 0.29) is 5.78 Å². The van der Waals surface area contributed by atoms with Gasteiger partial charge in [-0.3, -0.25) is 4.79 Å². The zero-order valence-electron chi connectivity index (χ0n) is 11.1. The highest BCUT2D eigenvalue weighted by atomic mass is 35.5. The predicted molar refractivity (Wildman–Crippen MR) is 72.1 cm³/mol. The van der Waals surface area contributed by atoms with Crippen LogP contribution in [0.15, 0.2) is 18.2 Å². The Morgan fingerprint density at radius 2 is 2.00 bits per heavy atom. The maximum absolute atomic E-state index is 12.8. The van der Waals surface area contributed by atoms with Crippen molar-refractivity contribution in [2.24, 2.45) is 0 Å². The lowest BCUT2D eigenvalue weighted by atomic mass is 9.85. The number of hydrogen-bond acceptors (Lipinski definition) is 4. The van der Waals surface area contributed by atoms with E-state index in [1.807, 2.05) is 0 Å². The number of carbonyl (C=O) groups excluding carboxylic acids is 1. The van der Waals surface area contributed by atoms with Gasteiger partial charge in [-0.05, 0) is 18.2 Å². The van der Waals surface area contributed by atoms with Crippen molar-refractivity contribution in [1.29, 1.82) is 0 Å². The Bertz CT molecular complexity index is 467. The number of halogens is 1. The third kappa shape index (κ3) is 2.76. The van der Waals surface area contributed by atoms with Crippen LogP contribution >= 0.6 is 11.6 Å². The molecule has 1 aromatic carbocycles. The molecule has 0 saturated carbocycles. The maximum Gasteiger partial charge on any atom is 0.198 e. The van der Waals surface area contributed by atoms with Crippen molar-refractivity contribution in [1.82, 2.24) is 0 Å². The van der Waals surface area contributed by atoms with E-state index < -0.39 is 5.60 Å². The first kappa shape index (κ1) is 14.3. The molecule has 0 unspecified atom stereocenters. The van der Waals surface area contributed by atoms with Crippen molar-refractivity contribution < 1.29 is 19.0 Å². The van der Waals surface area contributed by atoms with Gasteiger partial charge in [-0.2, -0.15) is 0 Å². The minimum atomic E-state index is -0.837. The van der Waals surface area contributed by atoms with E-state index in [0.717, 1.165) is 0 Å². The molecule has 2 rings (SSSR count). The molecule has 1 saturated heterocycles. The standard InChI is InChI=1S/C14H17ClO4/c1-17-12-4-3-10(15)9-11(12)13(16)14(18-2)5-7-19-8-6-14/h3-4,9H,5-8H2,1-2H3. The van der Waals surface area contributed by atoms with E-state index in [1.54, 1.807) is 25.3 Å². The molecule has 0 N–H and O–H groups in total. The number of Topliss-reactive ketones (excluding diaryl/α,β-unsaturated/α-hetero) is 1. The summed E-state index contributed by atoms with van der Waals surface area (Å²) in [5.74, 6) is 0.412. The summed E-state index contributed by atoms with van der Waals surface area (Å²) < 4.78 is 16.0. The van der Waals surface area contributed by atoms with E-state index in [9.17, 15) is 4.79 Å². The maximum atomic E-state index is 12.8. The summed E-state index contributed by atoms with van der Waals surface area (Å²) in [4.78, 5) is 12.8. The highest BCUT2D eigenvalue weighted by Gasteiger charge is 2.41. The first-order valence-corrected chi connectivity index (χ1v) is 6.52. The van der Waals surface area contributed by atoms with E-state index in [2.05, 4.69) is 0 Å². The Labute approximate surface area is 117 Å². The molecule has 0 bridgehead atoms. The molecule has 0 amide bonds. The van der Waals surface area contributed by atoms with Crippen molar-refractivity contribution in [3.8, 4) is 5.75 Å². The monoisotopic (exact) mass is 284 g/mol. The van der Waals surface area contributed by atoms with Gasteiger partial charge in [0, 0.05) is 38.2 Å². The van der Waals surface area contributed by atoms with E-state index in [0.29, 0.717) is 42.4 Å². The van der Waals surface area contributed by atoms with Crippen molar-refractivity contribution >= 4 is 17.4 Å². The Hall–Kier alpha value is -1.10. The Morgan fingerprint density at radius 1 is 1.32 bits per heavy atom.